The molecule has 1 amide bonds. The molecule has 1 fully saturated rings. The van der Waals surface area contributed by atoms with E-state index >= 15 is 0 Å². The molecule has 4 rings (SSSR count). The Kier molecular flexibility index (Phi) is 5.80. The van der Waals surface area contributed by atoms with Gasteiger partial charge in [0.25, 0.3) is 5.91 Å². The van der Waals surface area contributed by atoms with E-state index in [1.54, 1.807) is 4.90 Å². The van der Waals surface area contributed by atoms with Gasteiger partial charge in [-0.2, -0.15) is 0 Å². The standard InChI is InChI=1S/C24H25NO3S2/c1-17-8-10-19(11-9-17)15-25(21-12-13-30(27,28)16-21)24(26)22-14-18(2)23(29-22)20-6-4-3-5-7-20/h3-11,14,21H,12-13,15-16H2,1-2H3/t21-/m1/s1. The number of hydrogen-bond acceptors (Lipinski definition) is 4. The lowest BCUT2D eigenvalue weighted by Crippen LogP contribution is -2.40. The molecule has 0 unspecified atom stereocenters. The lowest BCUT2D eigenvalue weighted by Gasteiger charge is -2.28. The van der Waals surface area contributed by atoms with E-state index in [4.69, 9.17) is 0 Å². The summed E-state index contributed by atoms with van der Waals surface area (Å²) < 4.78 is 24.2. The zero-order chi connectivity index (χ0) is 21.3. The number of carbonyl (C=O) groups excluding carboxylic acids is 1. The van der Waals surface area contributed by atoms with Gasteiger partial charge in [-0.25, -0.2) is 8.42 Å². The summed E-state index contributed by atoms with van der Waals surface area (Å²) in [6.07, 6.45) is 0.496. The van der Waals surface area contributed by atoms with E-state index in [-0.39, 0.29) is 23.5 Å². The third-order valence-corrected chi connectivity index (χ3v) is 8.57. The predicted octanol–water partition coefficient (Wildman–Crippen LogP) is 4.86. The van der Waals surface area contributed by atoms with Crippen molar-refractivity contribution in [1.29, 1.82) is 0 Å². The van der Waals surface area contributed by atoms with Crippen molar-refractivity contribution in [2.45, 2.75) is 32.9 Å². The first kappa shape index (κ1) is 20.8. The first-order chi connectivity index (χ1) is 14.3. The first-order valence-corrected chi connectivity index (χ1v) is 12.7. The van der Waals surface area contributed by atoms with E-state index < -0.39 is 9.84 Å². The molecule has 0 N–H and O–H groups in total. The number of sulfone groups is 1. The van der Waals surface area contributed by atoms with Crippen LogP contribution in [0.1, 0.15) is 32.8 Å². The van der Waals surface area contributed by atoms with Crippen LogP contribution >= 0.6 is 11.3 Å². The van der Waals surface area contributed by atoms with Crippen LogP contribution in [-0.4, -0.2) is 36.8 Å². The quantitative estimate of drug-likeness (QED) is 0.570. The first-order valence-electron chi connectivity index (χ1n) is 10.1. The fraction of sp³-hybridized carbons (Fsp3) is 0.292. The van der Waals surface area contributed by atoms with Crippen LogP contribution in [0.3, 0.4) is 0 Å². The maximum atomic E-state index is 13.6. The summed E-state index contributed by atoms with van der Waals surface area (Å²) in [6.45, 7) is 4.45. The SMILES string of the molecule is Cc1ccc(CN(C(=O)c2cc(C)c(-c3ccccc3)s2)[C@@H]2CCS(=O)(=O)C2)cc1. The van der Waals surface area contributed by atoms with Crippen LogP contribution in [0.25, 0.3) is 10.4 Å². The second-order valence-corrected chi connectivity index (χ2v) is 11.2. The molecular formula is C24H25NO3S2. The van der Waals surface area contributed by atoms with Crippen molar-refractivity contribution in [2.24, 2.45) is 0 Å². The Balaban J connectivity index is 1.66. The van der Waals surface area contributed by atoms with Gasteiger partial charge in [0.2, 0.25) is 0 Å². The van der Waals surface area contributed by atoms with Gasteiger partial charge in [0.05, 0.1) is 16.4 Å². The number of rotatable bonds is 5. The molecule has 30 heavy (non-hydrogen) atoms. The molecule has 156 valence electrons. The van der Waals surface area contributed by atoms with Crippen molar-refractivity contribution >= 4 is 27.1 Å². The topological polar surface area (TPSA) is 54.5 Å². The Morgan fingerprint density at radius 2 is 1.77 bits per heavy atom. The van der Waals surface area contributed by atoms with Gasteiger partial charge in [-0.1, -0.05) is 60.2 Å². The van der Waals surface area contributed by atoms with E-state index in [2.05, 4.69) is 0 Å². The van der Waals surface area contributed by atoms with E-state index in [1.165, 1.54) is 11.3 Å². The Morgan fingerprint density at radius 3 is 2.40 bits per heavy atom. The van der Waals surface area contributed by atoms with E-state index in [0.29, 0.717) is 17.8 Å². The molecular weight excluding hydrogens is 414 g/mol. The Morgan fingerprint density at radius 1 is 1.07 bits per heavy atom. The summed E-state index contributed by atoms with van der Waals surface area (Å²) in [5, 5.41) is 0. The number of hydrogen-bond donors (Lipinski definition) is 0. The lowest BCUT2D eigenvalue weighted by molar-refractivity contribution is 0.0686. The molecule has 0 radical (unpaired) electrons. The number of carbonyl (C=O) groups is 1. The summed E-state index contributed by atoms with van der Waals surface area (Å²) >= 11 is 1.48. The molecule has 1 aliphatic heterocycles. The Bertz CT molecular complexity index is 1150. The van der Waals surface area contributed by atoms with Crippen LogP contribution in [0.15, 0.2) is 60.7 Å². The zero-order valence-electron chi connectivity index (χ0n) is 17.2. The van der Waals surface area contributed by atoms with Gasteiger partial charge >= 0.3 is 0 Å². The molecule has 4 nitrogen and oxygen atoms in total. The van der Waals surface area contributed by atoms with Crippen molar-refractivity contribution in [3.05, 3.63) is 82.2 Å². The monoisotopic (exact) mass is 439 g/mol. The minimum atomic E-state index is -3.09. The van der Waals surface area contributed by atoms with Gasteiger partial charge in [0.15, 0.2) is 9.84 Å². The highest BCUT2D eigenvalue weighted by atomic mass is 32.2. The highest BCUT2D eigenvalue weighted by Gasteiger charge is 2.35. The van der Waals surface area contributed by atoms with Crippen molar-refractivity contribution in [2.75, 3.05) is 11.5 Å². The highest BCUT2D eigenvalue weighted by molar-refractivity contribution is 7.91. The minimum absolute atomic E-state index is 0.0422. The molecule has 1 atom stereocenters. The van der Waals surface area contributed by atoms with Crippen molar-refractivity contribution in [3.63, 3.8) is 0 Å². The second kappa shape index (κ2) is 8.36. The molecule has 0 spiro atoms. The number of amides is 1. The minimum Gasteiger partial charge on any atom is -0.330 e. The molecule has 6 heteroatoms. The van der Waals surface area contributed by atoms with Crippen LogP contribution in [-0.2, 0) is 16.4 Å². The van der Waals surface area contributed by atoms with Crippen molar-refractivity contribution in [3.8, 4) is 10.4 Å². The maximum absolute atomic E-state index is 13.6. The smallest absolute Gasteiger partial charge is 0.264 e. The molecule has 1 aliphatic rings. The average molecular weight is 440 g/mol. The summed E-state index contributed by atoms with van der Waals surface area (Å²) in [4.78, 5) is 17.0. The van der Waals surface area contributed by atoms with Gasteiger partial charge in [0, 0.05) is 17.5 Å². The van der Waals surface area contributed by atoms with Gasteiger partial charge in [0.1, 0.15) is 0 Å². The zero-order valence-corrected chi connectivity index (χ0v) is 18.8. The third kappa shape index (κ3) is 4.50. The number of nitrogens with zero attached hydrogens (tertiary/aromatic N) is 1. The fourth-order valence-electron chi connectivity index (χ4n) is 3.88. The normalized spacial score (nSPS) is 17.7. The molecule has 0 bridgehead atoms. The maximum Gasteiger partial charge on any atom is 0.264 e. The average Bonchev–Trinajstić information content (AvgIpc) is 3.29. The molecule has 0 aliphatic carbocycles. The lowest BCUT2D eigenvalue weighted by atomic mass is 10.1. The molecule has 1 aromatic heterocycles. The van der Waals surface area contributed by atoms with Crippen molar-refractivity contribution in [1.82, 2.24) is 4.90 Å². The van der Waals surface area contributed by atoms with Crippen LogP contribution in [0.4, 0.5) is 0 Å². The summed E-state index contributed by atoms with van der Waals surface area (Å²) in [5.41, 5.74) is 4.31. The van der Waals surface area contributed by atoms with Gasteiger partial charge < -0.3 is 4.90 Å². The molecule has 2 aromatic carbocycles. The Hall–Kier alpha value is -2.44. The number of benzene rings is 2. The molecule has 1 saturated heterocycles. The van der Waals surface area contributed by atoms with Crippen LogP contribution in [0, 0.1) is 13.8 Å². The predicted molar refractivity (Wildman–Crippen MR) is 123 cm³/mol. The number of aryl methyl sites for hydroxylation is 2. The van der Waals surface area contributed by atoms with E-state index in [0.717, 1.165) is 27.1 Å². The largest absolute Gasteiger partial charge is 0.330 e. The van der Waals surface area contributed by atoms with Crippen LogP contribution < -0.4 is 0 Å². The van der Waals surface area contributed by atoms with Gasteiger partial charge in [-0.3, -0.25) is 4.79 Å². The Labute approximate surface area is 182 Å². The molecule has 3 aromatic rings. The second-order valence-electron chi connectivity index (χ2n) is 7.96. The molecule has 0 saturated carbocycles. The third-order valence-electron chi connectivity index (χ3n) is 5.55. The van der Waals surface area contributed by atoms with Crippen LogP contribution in [0.5, 0.6) is 0 Å². The number of thiophene rings is 1. The van der Waals surface area contributed by atoms with Gasteiger partial charge in [-0.05, 0) is 43.0 Å². The van der Waals surface area contributed by atoms with E-state index in [1.807, 2.05) is 74.5 Å². The summed E-state index contributed by atoms with van der Waals surface area (Å²) in [7, 11) is -3.09. The fourth-order valence-corrected chi connectivity index (χ4v) is 6.75. The molecule has 2 heterocycles. The van der Waals surface area contributed by atoms with E-state index in [9.17, 15) is 13.2 Å². The summed E-state index contributed by atoms with van der Waals surface area (Å²) in [5.74, 6) is 0.0992. The van der Waals surface area contributed by atoms with Crippen LogP contribution in [0.2, 0.25) is 0 Å². The highest BCUT2D eigenvalue weighted by Crippen LogP contribution is 2.34. The van der Waals surface area contributed by atoms with Gasteiger partial charge in [-0.15, -0.1) is 11.3 Å². The van der Waals surface area contributed by atoms with Crippen molar-refractivity contribution < 1.29 is 13.2 Å². The summed E-state index contributed by atoms with van der Waals surface area (Å²) in [6, 6.07) is 19.7.